The summed E-state index contributed by atoms with van der Waals surface area (Å²) in [5, 5.41) is 5.26. The number of hydrogen-bond acceptors (Lipinski definition) is 5. The number of amides is 3. The number of alkyl halides is 3. The van der Waals surface area contributed by atoms with Gasteiger partial charge in [-0.3, -0.25) is 19.4 Å². The van der Waals surface area contributed by atoms with Crippen LogP contribution >= 0.6 is 0 Å². The lowest BCUT2D eigenvalue weighted by Crippen LogP contribution is -2.47. The molecule has 1 aromatic heterocycles. The zero-order chi connectivity index (χ0) is 28.0. The molecular weight excluding hydrogens is 511 g/mol. The molecule has 0 bridgehead atoms. The van der Waals surface area contributed by atoms with Gasteiger partial charge in [0.15, 0.2) is 0 Å². The van der Waals surface area contributed by atoms with Crippen LogP contribution in [-0.2, 0) is 11.0 Å². The summed E-state index contributed by atoms with van der Waals surface area (Å²) in [6.45, 7) is 2.78. The van der Waals surface area contributed by atoms with Gasteiger partial charge in [-0.25, -0.2) is 0 Å². The van der Waals surface area contributed by atoms with Crippen molar-refractivity contribution >= 4 is 35.2 Å². The van der Waals surface area contributed by atoms with Crippen LogP contribution in [0.3, 0.4) is 0 Å². The smallest absolute Gasteiger partial charge is 0.335 e. The quantitative estimate of drug-likeness (QED) is 0.455. The van der Waals surface area contributed by atoms with Crippen molar-refractivity contribution in [3.8, 4) is 0 Å². The van der Waals surface area contributed by atoms with Gasteiger partial charge in [0.05, 0.1) is 5.56 Å². The summed E-state index contributed by atoms with van der Waals surface area (Å²) in [4.78, 5) is 45.7. The van der Waals surface area contributed by atoms with E-state index >= 15 is 0 Å². The number of rotatable bonds is 6. The molecule has 0 spiro atoms. The number of likely N-dealkylation sites (N-methyl/N-ethyl adjacent to an activating group) is 1. The van der Waals surface area contributed by atoms with Crippen LogP contribution in [0.25, 0.3) is 6.08 Å². The maximum Gasteiger partial charge on any atom is 0.416 e. The summed E-state index contributed by atoms with van der Waals surface area (Å²) in [7, 11) is 2.00. The van der Waals surface area contributed by atoms with E-state index in [1.54, 1.807) is 35.2 Å². The number of halogens is 3. The van der Waals surface area contributed by atoms with E-state index in [4.69, 9.17) is 0 Å². The fourth-order valence-corrected chi connectivity index (χ4v) is 3.91. The predicted molar refractivity (Wildman–Crippen MR) is 141 cm³/mol. The van der Waals surface area contributed by atoms with Gasteiger partial charge in [-0.1, -0.05) is 18.2 Å². The lowest BCUT2D eigenvalue weighted by Gasteiger charge is -2.32. The van der Waals surface area contributed by atoms with E-state index in [0.717, 1.165) is 25.2 Å². The molecule has 1 saturated heterocycles. The Hall–Kier alpha value is -4.51. The Morgan fingerprint density at radius 2 is 1.62 bits per heavy atom. The fourth-order valence-electron chi connectivity index (χ4n) is 3.91. The molecule has 0 saturated carbocycles. The van der Waals surface area contributed by atoms with Crippen LogP contribution in [0, 0.1) is 0 Å². The molecule has 202 valence electrons. The number of nitrogens with one attached hydrogen (secondary N) is 2. The largest absolute Gasteiger partial charge is 0.416 e. The van der Waals surface area contributed by atoms with E-state index in [2.05, 4.69) is 20.5 Å². The Bertz CT molecular complexity index is 1400. The van der Waals surface area contributed by atoms with Crippen LogP contribution < -0.4 is 10.6 Å². The molecule has 1 fully saturated rings. The number of hydrogen-bond donors (Lipinski definition) is 2. The molecule has 0 unspecified atom stereocenters. The van der Waals surface area contributed by atoms with Crippen LogP contribution in [0.2, 0.25) is 0 Å². The van der Waals surface area contributed by atoms with E-state index in [1.807, 2.05) is 7.05 Å². The lowest BCUT2D eigenvalue weighted by atomic mass is 10.1. The van der Waals surface area contributed by atoms with Crippen LogP contribution in [0.5, 0.6) is 0 Å². The number of aromatic nitrogens is 1. The van der Waals surface area contributed by atoms with Gasteiger partial charge in [-0.15, -0.1) is 0 Å². The van der Waals surface area contributed by atoms with Gasteiger partial charge in [-0.2, -0.15) is 13.2 Å². The van der Waals surface area contributed by atoms with Crippen LogP contribution in [0.4, 0.5) is 24.5 Å². The number of piperazine rings is 1. The van der Waals surface area contributed by atoms with Gasteiger partial charge < -0.3 is 20.4 Å². The third-order valence-corrected chi connectivity index (χ3v) is 6.06. The SMILES string of the molecule is CN1CCN(C(=O)c2cc(NC(=O)C=Cc3cccc(NC(=O)c4cccc(C(F)(F)F)c4)c3)ccn2)CC1. The monoisotopic (exact) mass is 537 g/mol. The molecule has 4 rings (SSSR count). The Balaban J connectivity index is 1.36. The molecule has 1 aliphatic rings. The highest BCUT2D eigenvalue weighted by Gasteiger charge is 2.31. The van der Waals surface area contributed by atoms with E-state index < -0.39 is 23.6 Å². The maximum atomic E-state index is 12.9. The second kappa shape index (κ2) is 11.9. The second-order valence-electron chi connectivity index (χ2n) is 9.01. The number of pyridine rings is 1. The number of nitrogens with zero attached hydrogens (tertiary/aromatic N) is 3. The van der Waals surface area contributed by atoms with Crippen molar-refractivity contribution in [2.45, 2.75) is 6.18 Å². The topological polar surface area (TPSA) is 94.6 Å². The summed E-state index contributed by atoms with van der Waals surface area (Å²) in [5.41, 5.74) is 0.537. The third-order valence-electron chi connectivity index (χ3n) is 6.06. The molecule has 11 heteroatoms. The summed E-state index contributed by atoms with van der Waals surface area (Å²) >= 11 is 0. The first kappa shape index (κ1) is 27.5. The Labute approximate surface area is 223 Å². The minimum absolute atomic E-state index is 0.132. The summed E-state index contributed by atoms with van der Waals surface area (Å²) in [6, 6.07) is 13.7. The minimum atomic E-state index is -4.56. The zero-order valence-electron chi connectivity index (χ0n) is 21.0. The van der Waals surface area contributed by atoms with Gasteiger partial charge >= 0.3 is 6.18 Å². The number of carbonyl (C=O) groups is 3. The first-order valence-electron chi connectivity index (χ1n) is 12.1. The molecule has 8 nitrogen and oxygen atoms in total. The molecular formula is C28H26F3N5O3. The molecule has 2 N–H and O–H groups in total. The van der Waals surface area contributed by atoms with Gasteiger partial charge in [0.25, 0.3) is 11.8 Å². The van der Waals surface area contributed by atoms with Crippen LogP contribution in [0.1, 0.15) is 32.0 Å². The number of benzene rings is 2. The first-order chi connectivity index (χ1) is 18.6. The minimum Gasteiger partial charge on any atom is -0.335 e. The molecule has 0 atom stereocenters. The first-order valence-corrected chi connectivity index (χ1v) is 12.1. The summed E-state index contributed by atoms with van der Waals surface area (Å²) in [5.74, 6) is -1.34. The standard InChI is InChI=1S/C28H26F3N5O3/c1-35-12-14-36(15-13-35)27(39)24-18-23(10-11-32-24)33-25(37)9-8-19-4-2-7-22(16-19)34-26(38)20-5-3-6-21(17-20)28(29,30)31/h2-11,16-18H,12-15H2,1H3,(H,34,38)(H,32,33,37). The number of anilines is 2. The van der Waals surface area contributed by atoms with Crippen LogP contribution in [-0.4, -0.2) is 65.7 Å². The fraction of sp³-hybridized carbons (Fsp3) is 0.214. The van der Waals surface area contributed by atoms with E-state index in [9.17, 15) is 27.6 Å². The van der Waals surface area contributed by atoms with Crippen molar-refractivity contribution in [1.29, 1.82) is 0 Å². The molecule has 2 heterocycles. The van der Waals surface area contributed by atoms with Crippen LogP contribution in [0.15, 0.2) is 72.9 Å². The van der Waals surface area contributed by atoms with Gasteiger partial charge in [0, 0.05) is 55.4 Å². The van der Waals surface area contributed by atoms with Crippen molar-refractivity contribution < 1.29 is 27.6 Å². The van der Waals surface area contributed by atoms with Crippen molar-refractivity contribution in [3.05, 3.63) is 95.3 Å². The highest BCUT2D eigenvalue weighted by Crippen LogP contribution is 2.29. The molecule has 1 aliphatic heterocycles. The van der Waals surface area contributed by atoms with Crippen molar-refractivity contribution in [2.24, 2.45) is 0 Å². The highest BCUT2D eigenvalue weighted by molar-refractivity contribution is 6.05. The zero-order valence-corrected chi connectivity index (χ0v) is 21.0. The Morgan fingerprint density at radius 1 is 0.897 bits per heavy atom. The Kier molecular flexibility index (Phi) is 8.40. The lowest BCUT2D eigenvalue weighted by molar-refractivity contribution is -0.137. The Morgan fingerprint density at radius 3 is 2.36 bits per heavy atom. The predicted octanol–water partition coefficient (Wildman–Crippen LogP) is 4.39. The molecule has 3 amide bonds. The maximum absolute atomic E-state index is 12.9. The highest BCUT2D eigenvalue weighted by atomic mass is 19.4. The van der Waals surface area contributed by atoms with Crippen molar-refractivity contribution in [1.82, 2.24) is 14.8 Å². The normalized spacial score (nSPS) is 14.3. The third kappa shape index (κ3) is 7.51. The molecule has 3 aromatic rings. The average molecular weight is 538 g/mol. The summed E-state index contributed by atoms with van der Waals surface area (Å²) in [6.07, 6.45) is -0.290. The van der Waals surface area contributed by atoms with Gasteiger partial charge in [0.1, 0.15) is 5.69 Å². The van der Waals surface area contributed by atoms with E-state index in [1.165, 1.54) is 36.5 Å². The van der Waals surface area contributed by atoms with Gasteiger partial charge in [0.2, 0.25) is 5.91 Å². The van der Waals surface area contributed by atoms with E-state index in [0.29, 0.717) is 30.0 Å². The molecule has 39 heavy (non-hydrogen) atoms. The summed E-state index contributed by atoms with van der Waals surface area (Å²) < 4.78 is 38.8. The number of carbonyl (C=O) groups excluding carboxylic acids is 3. The van der Waals surface area contributed by atoms with Crippen molar-refractivity contribution in [2.75, 3.05) is 43.9 Å². The van der Waals surface area contributed by atoms with Gasteiger partial charge in [-0.05, 0) is 61.2 Å². The van der Waals surface area contributed by atoms with Crippen molar-refractivity contribution in [3.63, 3.8) is 0 Å². The molecule has 0 radical (unpaired) electrons. The average Bonchev–Trinajstić information content (AvgIpc) is 2.92. The molecule has 2 aromatic carbocycles. The van der Waals surface area contributed by atoms with E-state index in [-0.39, 0.29) is 17.2 Å². The molecule has 0 aliphatic carbocycles. The second-order valence-corrected chi connectivity index (χ2v) is 9.01.